The first-order valence-electron chi connectivity index (χ1n) is 11.7. The summed E-state index contributed by atoms with van der Waals surface area (Å²) in [7, 11) is -0.699. The lowest BCUT2D eigenvalue weighted by molar-refractivity contribution is -0.140. The minimum Gasteiger partial charge on any atom is -0.493 e. The highest BCUT2D eigenvalue weighted by atomic mass is 32.2. The van der Waals surface area contributed by atoms with Crippen molar-refractivity contribution in [1.82, 2.24) is 4.72 Å². The van der Waals surface area contributed by atoms with Crippen molar-refractivity contribution in [1.29, 1.82) is 0 Å². The van der Waals surface area contributed by atoms with Crippen LogP contribution in [0.5, 0.6) is 5.75 Å². The van der Waals surface area contributed by atoms with Crippen LogP contribution < -0.4 is 9.46 Å². The van der Waals surface area contributed by atoms with Crippen molar-refractivity contribution >= 4 is 26.8 Å². The third kappa shape index (κ3) is 5.59. The van der Waals surface area contributed by atoms with Gasteiger partial charge in [-0.25, -0.2) is 13.1 Å². The maximum atomic E-state index is 12.2. The highest BCUT2D eigenvalue weighted by Gasteiger charge is 2.18. The van der Waals surface area contributed by atoms with Gasteiger partial charge in [0.1, 0.15) is 5.75 Å². The van der Waals surface area contributed by atoms with Crippen molar-refractivity contribution in [3.8, 4) is 16.9 Å². The SMILES string of the molecule is CNS(=O)(=O)c1ccc2cc(-c3cc(CCC(=O)OC)ccc3OCC3CCCC3)ccc2c1. The molecule has 6 nitrogen and oxygen atoms in total. The van der Waals surface area contributed by atoms with Crippen molar-refractivity contribution in [2.24, 2.45) is 5.92 Å². The predicted molar refractivity (Wildman–Crippen MR) is 133 cm³/mol. The molecule has 4 rings (SSSR count). The Bertz CT molecular complexity index is 1280. The van der Waals surface area contributed by atoms with Crippen molar-refractivity contribution < 1.29 is 22.7 Å². The largest absolute Gasteiger partial charge is 0.493 e. The number of carbonyl (C=O) groups excluding carboxylic acids is 1. The Morgan fingerprint density at radius 3 is 2.47 bits per heavy atom. The van der Waals surface area contributed by atoms with Crippen LogP contribution >= 0.6 is 0 Å². The van der Waals surface area contributed by atoms with E-state index in [1.165, 1.54) is 39.8 Å². The lowest BCUT2D eigenvalue weighted by atomic mass is 9.97. The van der Waals surface area contributed by atoms with Gasteiger partial charge < -0.3 is 9.47 Å². The van der Waals surface area contributed by atoms with E-state index >= 15 is 0 Å². The molecule has 1 fully saturated rings. The average Bonchev–Trinajstić information content (AvgIpc) is 3.39. The number of fused-ring (bicyclic) bond motifs is 1. The Kier molecular flexibility index (Phi) is 7.54. The molecule has 3 aromatic carbocycles. The van der Waals surface area contributed by atoms with E-state index in [-0.39, 0.29) is 10.9 Å². The third-order valence-electron chi connectivity index (χ3n) is 6.54. The molecule has 180 valence electrons. The second kappa shape index (κ2) is 10.6. The number of rotatable bonds is 9. The number of hydrogen-bond donors (Lipinski definition) is 1. The minimum absolute atomic E-state index is 0.235. The quantitative estimate of drug-likeness (QED) is 0.431. The summed E-state index contributed by atoms with van der Waals surface area (Å²) in [6, 6.07) is 17.2. The normalized spacial score (nSPS) is 14.4. The van der Waals surface area contributed by atoms with Gasteiger partial charge in [0.2, 0.25) is 10.0 Å². The maximum Gasteiger partial charge on any atom is 0.305 e. The molecular formula is C27H31NO5S. The van der Waals surface area contributed by atoms with Crippen LogP contribution in [0.15, 0.2) is 59.5 Å². The van der Waals surface area contributed by atoms with Gasteiger partial charge in [-0.3, -0.25) is 4.79 Å². The third-order valence-corrected chi connectivity index (χ3v) is 7.95. The zero-order valence-electron chi connectivity index (χ0n) is 19.7. The molecule has 0 aromatic heterocycles. The molecule has 0 aliphatic heterocycles. The number of methoxy groups -OCH3 is 1. The van der Waals surface area contributed by atoms with Gasteiger partial charge >= 0.3 is 5.97 Å². The van der Waals surface area contributed by atoms with Gasteiger partial charge in [0.25, 0.3) is 0 Å². The number of esters is 1. The number of ether oxygens (including phenoxy) is 2. The van der Waals surface area contributed by atoms with E-state index in [0.717, 1.165) is 33.2 Å². The maximum absolute atomic E-state index is 12.2. The van der Waals surface area contributed by atoms with Crippen molar-refractivity contribution in [3.05, 3.63) is 60.2 Å². The predicted octanol–water partition coefficient (Wildman–Crippen LogP) is 5.09. The van der Waals surface area contributed by atoms with Gasteiger partial charge in [-0.2, -0.15) is 0 Å². The Hall–Kier alpha value is -2.90. The van der Waals surface area contributed by atoms with Crippen LogP contribution in [0.4, 0.5) is 0 Å². The molecule has 1 aliphatic rings. The molecule has 0 amide bonds. The molecule has 1 aliphatic carbocycles. The fourth-order valence-corrected chi connectivity index (χ4v) is 5.26. The summed E-state index contributed by atoms with van der Waals surface area (Å²) in [5.41, 5.74) is 2.98. The first-order valence-corrected chi connectivity index (χ1v) is 13.2. The molecule has 0 saturated heterocycles. The number of benzene rings is 3. The fraction of sp³-hybridized carbons (Fsp3) is 0.370. The van der Waals surface area contributed by atoms with E-state index in [4.69, 9.17) is 9.47 Å². The molecule has 3 aromatic rings. The zero-order valence-corrected chi connectivity index (χ0v) is 20.5. The molecular weight excluding hydrogens is 450 g/mol. The van der Waals surface area contributed by atoms with Crippen LogP contribution in [0.3, 0.4) is 0 Å². The van der Waals surface area contributed by atoms with Gasteiger partial charge in [-0.1, -0.05) is 37.1 Å². The summed E-state index contributed by atoms with van der Waals surface area (Å²) >= 11 is 0. The number of hydrogen-bond acceptors (Lipinski definition) is 5. The number of aryl methyl sites for hydroxylation is 1. The number of carbonyl (C=O) groups is 1. The van der Waals surface area contributed by atoms with E-state index in [1.54, 1.807) is 12.1 Å². The molecule has 7 heteroatoms. The summed E-state index contributed by atoms with van der Waals surface area (Å²) in [6.07, 6.45) is 5.85. The van der Waals surface area contributed by atoms with Crippen molar-refractivity contribution in [2.45, 2.75) is 43.4 Å². The van der Waals surface area contributed by atoms with Crippen LogP contribution in [0.2, 0.25) is 0 Å². The number of nitrogens with one attached hydrogen (secondary N) is 1. The van der Waals surface area contributed by atoms with Gasteiger partial charge in [-0.15, -0.1) is 0 Å². The average molecular weight is 482 g/mol. The second-order valence-electron chi connectivity index (χ2n) is 8.80. The van der Waals surface area contributed by atoms with Crippen LogP contribution in [0.1, 0.15) is 37.7 Å². The fourth-order valence-electron chi connectivity index (χ4n) is 4.49. The topological polar surface area (TPSA) is 81.7 Å². The van der Waals surface area contributed by atoms with E-state index in [9.17, 15) is 13.2 Å². The van der Waals surface area contributed by atoms with Crippen LogP contribution in [0.25, 0.3) is 21.9 Å². The first kappa shape index (κ1) is 24.2. The summed E-state index contributed by atoms with van der Waals surface area (Å²) in [4.78, 5) is 11.9. The smallest absolute Gasteiger partial charge is 0.305 e. The van der Waals surface area contributed by atoms with Crippen molar-refractivity contribution in [3.63, 3.8) is 0 Å². The highest BCUT2D eigenvalue weighted by molar-refractivity contribution is 7.89. The Labute approximate surface area is 201 Å². The van der Waals surface area contributed by atoms with E-state index in [1.807, 2.05) is 36.4 Å². The monoisotopic (exact) mass is 481 g/mol. The van der Waals surface area contributed by atoms with Crippen molar-refractivity contribution in [2.75, 3.05) is 20.8 Å². The molecule has 34 heavy (non-hydrogen) atoms. The standard InChI is InChI=1S/C27H31NO5S/c1-28-34(30,31)24-12-11-21-16-23(10-9-22(21)17-24)25-15-19(8-14-27(29)32-2)7-13-26(25)33-18-20-5-3-4-6-20/h7,9-13,15-17,20,28H,3-6,8,14,18H2,1-2H3. The molecule has 1 N–H and O–H groups in total. The Balaban J connectivity index is 1.68. The van der Waals surface area contributed by atoms with Gasteiger partial charge in [0, 0.05) is 12.0 Å². The highest BCUT2D eigenvalue weighted by Crippen LogP contribution is 2.35. The second-order valence-corrected chi connectivity index (χ2v) is 10.7. The molecule has 0 bridgehead atoms. The summed E-state index contributed by atoms with van der Waals surface area (Å²) in [5.74, 6) is 1.18. The van der Waals surface area contributed by atoms with Crippen LogP contribution in [-0.2, 0) is 26.0 Å². The molecule has 0 heterocycles. The van der Waals surface area contributed by atoms with Gasteiger partial charge in [-0.05, 0) is 84.5 Å². The van der Waals surface area contributed by atoms with Crippen LogP contribution in [-0.4, -0.2) is 35.2 Å². The molecule has 1 saturated carbocycles. The molecule has 0 radical (unpaired) electrons. The van der Waals surface area contributed by atoms with Crippen LogP contribution in [0, 0.1) is 5.92 Å². The molecule has 0 spiro atoms. The first-order chi connectivity index (χ1) is 16.4. The van der Waals surface area contributed by atoms with Gasteiger partial charge in [0.15, 0.2) is 0 Å². The lowest BCUT2D eigenvalue weighted by Crippen LogP contribution is -2.18. The van der Waals surface area contributed by atoms with Gasteiger partial charge in [0.05, 0.1) is 18.6 Å². The lowest BCUT2D eigenvalue weighted by Gasteiger charge is -2.17. The molecule has 0 atom stereocenters. The summed E-state index contributed by atoms with van der Waals surface area (Å²) in [6.45, 7) is 0.702. The summed E-state index contributed by atoms with van der Waals surface area (Å²) in [5, 5.41) is 1.78. The van der Waals surface area contributed by atoms with E-state index in [2.05, 4.69) is 10.8 Å². The zero-order chi connectivity index (χ0) is 24.1. The minimum atomic E-state index is -3.50. The molecule has 0 unspecified atom stereocenters. The Morgan fingerprint density at radius 1 is 1.00 bits per heavy atom. The number of sulfonamides is 1. The van der Waals surface area contributed by atoms with E-state index in [0.29, 0.717) is 25.4 Å². The Morgan fingerprint density at radius 2 is 1.74 bits per heavy atom. The van der Waals surface area contributed by atoms with E-state index < -0.39 is 10.0 Å². The summed E-state index contributed by atoms with van der Waals surface area (Å²) < 4.78 is 37.8.